The molecule has 0 spiro atoms. The monoisotopic (exact) mass is 432 g/mol. The van der Waals surface area contributed by atoms with Gasteiger partial charge in [-0.25, -0.2) is 14.2 Å². The molecule has 9 heteroatoms. The summed E-state index contributed by atoms with van der Waals surface area (Å²) in [5, 5.41) is 6.17. The molecule has 6 nitrogen and oxygen atoms in total. The number of nitrogens with zero attached hydrogens (tertiary/aromatic N) is 1. The molecule has 0 unspecified atom stereocenters. The highest BCUT2D eigenvalue weighted by atomic mass is 35.5. The lowest BCUT2D eigenvalue weighted by Gasteiger charge is -2.14. The summed E-state index contributed by atoms with van der Waals surface area (Å²) in [7, 11) is 0. The summed E-state index contributed by atoms with van der Waals surface area (Å²) < 4.78 is 14.0. The fourth-order valence-electron chi connectivity index (χ4n) is 2.78. The summed E-state index contributed by atoms with van der Waals surface area (Å²) >= 11 is 7.32. The molecule has 1 aromatic heterocycles. The Morgan fingerprint density at radius 1 is 1.24 bits per heavy atom. The zero-order valence-electron chi connectivity index (χ0n) is 15.6. The molecule has 0 radical (unpaired) electrons. The number of aromatic nitrogens is 1. The van der Waals surface area contributed by atoms with Crippen molar-refractivity contribution >= 4 is 40.6 Å². The number of amides is 3. The van der Waals surface area contributed by atoms with Gasteiger partial charge < -0.3 is 16.4 Å². The fraction of sp³-hybridized carbons (Fsp3) is 0.150. The molecule has 0 bridgehead atoms. The molecule has 3 aromatic rings. The Bertz CT molecular complexity index is 1090. The minimum absolute atomic E-state index is 0.149. The molecule has 3 amide bonds. The van der Waals surface area contributed by atoms with Crippen LogP contribution in [0.5, 0.6) is 0 Å². The number of aryl methyl sites for hydroxylation is 1. The Morgan fingerprint density at radius 2 is 1.97 bits per heavy atom. The van der Waals surface area contributed by atoms with E-state index >= 15 is 0 Å². The van der Waals surface area contributed by atoms with Crippen LogP contribution in [0.2, 0.25) is 5.02 Å². The predicted molar refractivity (Wildman–Crippen MR) is 113 cm³/mol. The van der Waals surface area contributed by atoms with Gasteiger partial charge in [-0.2, -0.15) is 0 Å². The molecular weight excluding hydrogens is 415 g/mol. The number of carbonyl (C=O) groups excluding carboxylic acids is 2. The van der Waals surface area contributed by atoms with Gasteiger partial charge in [-0.1, -0.05) is 23.7 Å². The van der Waals surface area contributed by atoms with Crippen molar-refractivity contribution in [3.63, 3.8) is 0 Å². The summed E-state index contributed by atoms with van der Waals surface area (Å²) in [5.41, 5.74) is 6.94. The highest BCUT2D eigenvalue weighted by Crippen LogP contribution is 2.33. The first-order chi connectivity index (χ1) is 13.8. The maximum Gasteiger partial charge on any atom is 0.319 e. The van der Waals surface area contributed by atoms with Gasteiger partial charge in [0.15, 0.2) is 0 Å². The Balaban J connectivity index is 1.71. The second-order valence-corrected chi connectivity index (χ2v) is 7.77. The van der Waals surface area contributed by atoms with Crippen LogP contribution >= 0.6 is 22.9 Å². The minimum atomic E-state index is -0.647. The van der Waals surface area contributed by atoms with E-state index < -0.39 is 11.9 Å². The molecule has 1 heterocycles. The third-order valence-corrected chi connectivity index (χ3v) is 5.86. The molecule has 29 heavy (non-hydrogen) atoms. The van der Waals surface area contributed by atoms with Crippen LogP contribution in [0.25, 0.3) is 10.6 Å². The van der Waals surface area contributed by atoms with E-state index in [2.05, 4.69) is 15.6 Å². The minimum Gasteiger partial charge on any atom is -0.366 e. The molecule has 0 aliphatic heterocycles. The predicted octanol–water partition coefficient (Wildman–Crippen LogP) is 4.89. The van der Waals surface area contributed by atoms with Crippen LogP contribution in [0.15, 0.2) is 42.5 Å². The van der Waals surface area contributed by atoms with E-state index in [1.165, 1.54) is 35.6 Å². The number of benzene rings is 2. The number of nitrogens with one attached hydrogen (secondary N) is 2. The van der Waals surface area contributed by atoms with Crippen LogP contribution < -0.4 is 16.4 Å². The smallest absolute Gasteiger partial charge is 0.319 e. The van der Waals surface area contributed by atoms with Crippen LogP contribution in [0, 0.1) is 12.7 Å². The van der Waals surface area contributed by atoms with Crippen LogP contribution in [0.4, 0.5) is 14.9 Å². The van der Waals surface area contributed by atoms with Gasteiger partial charge in [-0.05, 0) is 44.2 Å². The van der Waals surface area contributed by atoms with Crippen molar-refractivity contribution in [2.45, 2.75) is 19.9 Å². The number of nitrogens with two attached hydrogens (primary N) is 1. The van der Waals surface area contributed by atoms with Crippen molar-refractivity contribution < 1.29 is 14.0 Å². The van der Waals surface area contributed by atoms with Crippen molar-refractivity contribution in [3.8, 4) is 10.6 Å². The molecule has 150 valence electrons. The average Bonchev–Trinajstić information content (AvgIpc) is 3.03. The van der Waals surface area contributed by atoms with Gasteiger partial charge in [-0.3, -0.25) is 4.79 Å². The van der Waals surface area contributed by atoms with Crippen molar-refractivity contribution in [1.29, 1.82) is 0 Å². The Kier molecular flexibility index (Phi) is 6.14. The van der Waals surface area contributed by atoms with Gasteiger partial charge in [0, 0.05) is 11.3 Å². The average molecular weight is 433 g/mol. The number of carbonyl (C=O) groups is 2. The van der Waals surface area contributed by atoms with E-state index in [1.54, 1.807) is 18.2 Å². The van der Waals surface area contributed by atoms with E-state index in [9.17, 15) is 14.0 Å². The molecular formula is C20H18ClFN4O2S. The number of urea groups is 1. The molecule has 0 fully saturated rings. The first kappa shape index (κ1) is 20.8. The van der Waals surface area contributed by atoms with Gasteiger partial charge >= 0.3 is 6.03 Å². The number of hydrogen-bond acceptors (Lipinski definition) is 4. The number of hydrogen-bond donors (Lipinski definition) is 3. The number of anilines is 1. The van der Waals surface area contributed by atoms with Crippen LogP contribution in [0.3, 0.4) is 0 Å². The second kappa shape index (κ2) is 8.59. The SMILES string of the molecule is Cc1nc(-c2ccccc2F)sc1[C@@H](C)NC(=O)Nc1ccc(C(N)=O)c(Cl)c1. The molecule has 0 aliphatic carbocycles. The zero-order chi connectivity index (χ0) is 21.1. The Hall–Kier alpha value is -2.97. The first-order valence-electron chi connectivity index (χ1n) is 8.65. The quantitative estimate of drug-likeness (QED) is 0.535. The fourth-order valence-corrected chi connectivity index (χ4v) is 4.15. The van der Waals surface area contributed by atoms with Crippen molar-refractivity contribution in [3.05, 3.63) is 69.4 Å². The lowest BCUT2D eigenvalue weighted by molar-refractivity contribution is 0.100. The Labute approximate surface area is 175 Å². The molecule has 0 saturated carbocycles. The third-order valence-electron chi connectivity index (χ3n) is 4.17. The van der Waals surface area contributed by atoms with Gasteiger partial charge in [-0.15, -0.1) is 11.3 Å². The summed E-state index contributed by atoms with van der Waals surface area (Å²) in [6.45, 7) is 3.63. The number of thiazole rings is 1. The Morgan fingerprint density at radius 3 is 2.62 bits per heavy atom. The van der Waals surface area contributed by atoms with Crippen molar-refractivity contribution in [2.75, 3.05) is 5.32 Å². The highest BCUT2D eigenvalue weighted by molar-refractivity contribution is 7.15. The maximum atomic E-state index is 14.0. The largest absolute Gasteiger partial charge is 0.366 e. The van der Waals surface area contributed by atoms with E-state index in [0.29, 0.717) is 16.3 Å². The summed E-state index contributed by atoms with van der Waals surface area (Å²) in [6.07, 6.45) is 0. The summed E-state index contributed by atoms with van der Waals surface area (Å²) in [4.78, 5) is 28.8. The maximum absolute atomic E-state index is 14.0. The second-order valence-electron chi connectivity index (χ2n) is 6.33. The lowest BCUT2D eigenvalue weighted by atomic mass is 10.2. The third kappa shape index (κ3) is 4.72. The van der Waals surface area contributed by atoms with E-state index in [-0.39, 0.29) is 22.4 Å². The number of primary amides is 1. The van der Waals surface area contributed by atoms with Crippen molar-refractivity contribution in [1.82, 2.24) is 10.3 Å². The van der Waals surface area contributed by atoms with Gasteiger partial charge in [0.25, 0.3) is 0 Å². The van der Waals surface area contributed by atoms with Gasteiger partial charge in [0.2, 0.25) is 5.91 Å². The molecule has 2 aromatic carbocycles. The molecule has 3 rings (SSSR count). The normalized spacial score (nSPS) is 11.7. The van der Waals surface area contributed by atoms with Crippen LogP contribution in [-0.4, -0.2) is 16.9 Å². The van der Waals surface area contributed by atoms with Crippen LogP contribution in [0.1, 0.15) is 33.9 Å². The number of halogens is 2. The van der Waals surface area contributed by atoms with Gasteiger partial charge in [0.05, 0.1) is 27.2 Å². The lowest BCUT2D eigenvalue weighted by Crippen LogP contribution is -2.31. The van der Waals surface area contributed by atoms with Crippen molar-refractivity contribution in [2.24, 2.45) is 5.73 Å². The molecule has 0 aliphatic rings. The highest BCUT2D eigenvalue weighted by Gasteiger charge is 2.19. The van der Waals surface area contributed by atoms with E-state index in [4.69, 9.17) is 17.3 Å². The van der Waals surface area contributed by atoms with Crippen LogP contribution in [-0.2, 0) is 0 Å². The number of rotatable bonds is 5. The topological polar surface area (TPSA) is 97.1 Å². The molecule has 1 atom stereocenters. The molecule has 0 saturated heterocycles. The standard InChI is InChI=1S/C20H18ClFN4O2S/c1-10-17(29-19(24-10)14-5-3-4-6-16(14)22)11(2)25-20(28)26-12-7-8-13(18(23)27)15(21)9-12/h3-9,11H,1-2H3,(H2,23,27)(H2,25,26,28)/t11-/m1/s1. The molecule has 4 N–H and O–H groups in total. The summed E-state index contributed by atoms with van der Waals surface area (Å²) in [5.74, 6) is -0.992. The van der Waals surface area contributed by atoms with E-state index in [1.807, 2.05) is 13.8 Å². The van der Waals surface area contributed by atoms with E-state index in [0.717, 1.165) is 10.6 Å². The first-order valence-corrected chi connectivity index (χ1v) is 9.84. The summed E-state index contributed by atoms with van der Waals surface area (Å²) in [6, 6.07) is 10.0. The van der Waals surface area contributed by atoms with Gasteiger partial charge in [0.1, 0.15) is 10.8 Å². The zero-order valence-corrected chi connectivity index (χ0v) is 17.2.